The van der Waals surface area contributed by atoms with Gasteiger partial charge in [-0.25, -0.2) is 13.2 Å². The Morgan fingerprint density at radius 1 is 1.07 bits per heavy atom. The van der Waals surface area contributed by atoms with E-state index >= 15 is 0 Å². The quantitative estimate of drug-likeness (QED) is 0.768. The van der Waals surface area contributed by atoms with Gasteiger partial charge in [0.1, 0.15) is 6.10 Å². The molecule has 2 rings (SSSR count). The van der Waals surface area contributed by atoms with Crippen LogP contribution in [0.1, 0.15) is 12.8 Å². The van der Waals surface area contributed by atoms with Crippen molar-refractivity contribution in [3.8, 4) is 5.75 Å². The number of rotatable bonds is 2. The van der Waals surface area contributed by atoms with Crippen molar-refractivity contribution < 1.29 is 17.9 Å². The van der Waals surface area contributed by atoms with Crippen LogP contribution in [0.25, 0.3) is 0 Å². The third-order valence-corrected chi connectivity index (χ3v) is 2.40. The molecule has 1 saturated carbocycles. The summed E-state index contributed by atoms with van der Waals surface area (Å²) in [5.74, 6) is -3.49. The van der Waals surface area contributed by atoms with Gasteiger partial charge in [-0.3, -0.25) is 0 Å². The predicted molar refractivity (Wildman–Crippen MR) is 47.9 cm³/mol. The van der Waals surface area contributed by atoms with Crippen LogP contribution in [0.2, 0.25) is 0 Å². The first-order chi connectivity index (χ1) is 7.06. The largest absolute Gasteiger partial charge is 0.487 e. The second-order valence-corrected chi connectivity index (χ2v) is 3.67. The van der Waals surface area contributed by atoms with E-state index in [9.17, 15) is 13.2 Å². The summed E-state index contributed by atoms with van der Waals surface area (Å²) in [6, 6.07) is 1.25. The molecule has 0 bridgehead atoms. The van der Waals surface area contributed by atoms with Gasteiger partial charge in [-0.05, 0) is 12.8 Å². The first kappa shape index (κ1) is 10.3. The molecule has 82 valence electrons. The van der Waals surface area contributed by atoms with Gasteiger partial charge in [0, 0.05) is 18.2 Å². The molecule has 0 aromatic heterocycles. The topological polar surface area (TPSA) is 35.2 Å². The minimum absolute atomic E-state index is 0.0587. The molecule has 0 unspecified atom stereocenters. The van der Waals surface area contributed by atoms with Crippen LogP contribution in [0.4, 0.5) is 13.2 Å². The van der Waals surface area contributed by atoms with E-state index in [0.717, 1.165) is 0 Å². The van der Waals surface area contributed by atoms with E-state index in [0.29, 0.717) is 25.0 Å². The molecule has 5 heteroatoms. The van der Waals surface area contributed by atoms with E-state index in [1.54, 1.807) is 0 Å². The number of ether oxygens (including phenoxy) is 1. The summed E-state index contributed by atoms with van der Waals surface area (Å²) in [6.45, 7) is 0. The van der Waals surface area contributed by atoms with Crippen LogP contribution in [0, 0.1) is 17.5 Å². The summed E-state index contributed by atoms with van der Waals surface area (Å²) in [5, 5.41) is 0. The van der Waals surface area contributed by atoms with Gasteiger partial charge in [-0.15, -0.1) is 0 Å². The van der Waals surface area contributed by atoms with Gasteiger partial charge in [0.05, 0.1) is 0 Å². The van der Waals surface area contributed by atoms with Crippen LogP contribution >= 0.6 is 0 Å². The highest BCUT2D eigenvalue weighted by Crippen LogP contribution is 2.27. The molecule has 1 aliphatic rings. The first-order valence-corrected chi connectivity index (χ1v) is 4.63. The van der Waals surface area contributed by atoms with Crippen LogP contribution < -0.4 is 10.5 Å². The third kappa shape index (κ3) is 2.07. The minimum Gasteiger partial charge on any atom is -0.487 e. The van der Waals surface area contributed by atoms with E-state index in [-0.39, 0.29) is 17.9 Å². The van der Waals surface area contributed by atoms with Crippen LogP contribution in [0.3, 0.4) is 0 Å². The van der Waals surface area contributed by atoms with Crippen molar-refractivity contribution in [3.05, 3.63) is 29.6 Å². The minimum atomic E-state index is -1.22. The molecule has 0 saturated heterocycles. The highest BCUT2D eigenvalue weighted by molar-refractivity contribution is 5.26. The maximum atomic E-state index is 13.1. The SMILES string of the molecule is NC1CC(Oc2cc(F)c(F)cc2F)C1. The number of halogens is 3. The third-order valence-electron chi connectivity index (χ3n) is 2.40. The van der Waals surface area contributed by atoms with E-state index in [2.05, 4.69) is 0 Å². The fourth-order valence-corrected chi connectivity index (χ4v) is 1.48. The Morgan fingerprint density at radius 3 is 2.27 bits per heavy atom. The maximum Gasteiger partial charge on any atom is 0.168 e. The summed E-state index contributed by atoms with van der Waals surface area (Å²) < 4.78 is 43.5. The average molecular weight is 217 g/mol. The Bertz CT molecular complexity index is 377. The fraction of sp³-hybridized carbons (Fsp3) is 0.400. The molecule has 2 nitrogen and oxygen atoms in total. The number of hydrogen-bond acceptors (Lipinski definition) is 2. The highest BCUT2D eigenvalue weighted by atomic mass is 19.2. The van der Waals surface area contributed by atoms with Crippen LogP contribution in [0.5, 0.6) is 5.75 Å². The molecule has 15 heavy (non-hydrogen) atoms. The van der Waals surface area contributed by atoms with Gasteiger partial charge in [-0.1, -0.05) is 0 Å². The van der Waals surface area contributed by atoms with Gasteiger partial charge in [0.2, 0.25) is 0 Å². The molecule has 0 aliphatic heterocycles. The molecule has 0 heterocycles. The molecule has 2 N–H and O–H groups in total. The molecule has 1 aliphatic carbocycles. The lowest BCUT2D eigenvalue weighted by atomic mass is 9.90. The van der Waals surface area contributed by atoms with Crippen molar-refractivity contribution in [2.75, 3.05) is 0 Å². The van der Waals surface area contributed by atoms with Gasteiger partial charge >= 0.3 is 0 Å². The second kappa shape index (κ2) is 3.73. The van der Waals surface area contributed by atoms with E-state index in [4.69, 9.17) is 10.5 Å². The Hall–Kier alpha value is -1.23. The lowest BCUT2D eigenvalue weighted by molar-refractivity contribution is 0.0955. The van der Waals surface area contributed by atoms with Crippen LogP contribution in [-0.4, -0.2) is 12.1 Å². The molecular formula is C10H10F3NO. The molecule has 0 spiro atoms. The Labute approximate surface area is 84.8 Å². The lowest BCUT2D eigenvalue weighted by Crippen LogP contribution is -2.43. The van der Waals surface area contributed by atoms with E-state index < -0.39 is 17.5 Å². The number of nitrogens with two attached hydrogens (primary N) is 1. The van der Waals surface area contributed by atoms with Gasteiger partial charge < -0.3 is 10.5 Å². The van der Waals surface area contributed by atoms with Crippen molar-refractivity contribution in [3.63, 3.8) is 0 Å². The van der Waals surface area contributed by atoms with Crippen molar-refractivity contribution in [1.29, 1.82) is 0 Å². The van der Waals surface area contributed by atoms with Crippen LogP contribution in [-0.2, 0) is 0 Å². The van der Waals surface area contributed by atoms with E-state index in [1.165, 1.54) is 0 Å². The Kier molecular flexibility index (Phi) is 2.56. The number of hydrogen-bond donors (Lipinski definition) is 1. The average Bonchev–Trinajstić information content (AvgIpc) is 2.11. The van der Waals surface area contributed by atoms with Gasteiger partial charge in [0.15, 0.2) is 23.2 Å². The fourth-order valence-electron chi connectivity index (χ4n) is 1.48. The monoisotopic (exact) mass is 217 g/mol. The summed E-state index contributed by atoms with van der Waals surface area (Å²) in [7, 11) is 0. The summed E-state index contributed by atoms with van der Waals surface area (Å²) in [6.07, 6.45) is 1.02. The standard InChI is InChI=1S/C10H10F3NO/c11-7-3-9(13)10(4-8(7)12)15-6-1-5(14)2-6/h3-6H,1-2,14H2. The normalized spacial score (nSPS) is 24.8. The van der Waals surface area contributed by atoms with Crippen molar-refractivity contribution in [2.24, 2.45) is 5.73 Å². The molecule has 0 radical (unpaired) electrons. The Morgan fingerprint density at radius 2 is 1.67 bits per heavy atom. The van der Waals surface area contributed by atoms with Crippen molar-refractivity contribution in [2.45, 2.75) is 25.0 Å². The summed E-state index contributed by atoms with van der Waals surface area (Å²) in [4.78, 5) is 0. The van der Waals surface area contributed by atoms with Gasteiger partial charge in [-0.2, -0.15) is 0 Å². The number of benzene rings is 1. The van der Waals surface area contributed by atoms with Gasteiger partial charge in [0.25, 0.3) is 0 Å². The van der Waals surface area contributed by atoms with Crippen molar-refractivity contribution in [1.82, 2.24) is 0 Å². The molecule has 0 atom stereocenters. The maximum absolute atomic E-state index is 13.1. The molecular weight excluding hydrogens is 207 g/mol. The summed E-state index contributed by atoms with van der Waals surface area (Å²) >= 11 is 0. The summed E-state index contributed by atoms with van der Waals surface area (Å²) in [5.41, 5.74) is 5.51. The first-order valence-electron chi connectivity index (χ1n) is 4.63. The Balaban J connectivity index is 2.11. The molecule has 1 fully saturated rings. The van der Waals surface area contributed by atoms with Crippen molar-refractivity contribution >= 4 is 0 Å². The molecule has 0 amide bonds. The zero-order valence-corrected chi connectivity index (χ0v) is 7.84. The second-order valence-electron chi connectivity index (χ2n) is 3.67. The lowest BCUT2D eigenvalue weighted by Gasteiger charge is -2.32. The molecule has 1 aromatic carbocycles. The van der Waals surface area contributed by atoms with E-state index in [1.807, 2.05) is 0 Å². The zero-order valence-electron chi connectivity index (χ0n) is 7.84. The molecule has 1 aromatic rings. The predicted octanol–water partition coefficient (Wildman–Crippen LogP) is 1.97. The zero-order chi connectivity index (χ0) is 11.0. The highest BCUT2D eigenvalue weighted by Gasteiger charge is 2.28. The smallest absolute Gasteiger partial charge is 0.168 e. The van der Waals surface area contributed by atoms with Crippen LogP contribution in [0.15, 0.2) is 12.1 Å².